The second-order valence-electron chi connectivity index (χ2n) is 4.04. The van der Waals surface area contributed by atoms with Crippen LogP contribution in [0, 0.1) is 11.8 Å². The maximum atomic E-state index is 11.6. The summed E-state index contributed by atoms with van der Waals surface area (Å²) < 4.78 is 0. The van der Waals surface area contributed by atoms with E-state index in [4.69, 9.17) is 0 Å². The summed E-state index contributed by atoms with van der Waals surface area (Å²) in [7, 11) is 0. The van der Waals surface area contributed by atoms with Crippen molar-refractivity contribution in [2.75, 3.05) is 13.1 Å². The van der Waals surface area contributed by atoms with Crippen LogP contribution in [0.1, 0.15) is 20.3 Å². The second kappa shape index (κ2) is 2.73. The van der Waals surface area contributed by atoms with Crippen molar-refractivity contribution < 1.29 is 4.79 Å². The largest absolute Gasteiger partial charge is 0.325 e. The molecule has 0 saturated carbocycles. The zero-order valence-corrected chi connectivity index (χ0v) is 7.71. The van der Waals surface area contributed by atoms with Crippen LogP contribution in [-0.2, 0) is 4.79 Å². The molecule has 3 nitrogen and oxygen atoms in total. The molecule has 0 aromatic rings. The highest BCUT2D eigenvalue weighted by atomic mass is 16.2. The van der Waals surface area contributed by atoms with Crippen molar-refractivity contribution in [3.63, 3.8) is 0 Å². The third-order valence-corrected chi connectivity index (χ3v) is 3.01. The molecule has 2 heterocycles. The first-order valence-electron chi connectivity index (χ1n) is 4.74. The van der Waals surface area contributed by atoms with Gasteiger partial charge in [0.1, 0.15) is 0 Å². The highest BCUT2D eigenvalue weighted by Crippen LogP contribution is 2.28. The fraction of sp³-hybridized carbons (Fsp3) is 0.889. The average Bonchev–Trinajstić information content (AvgIpc) is 2.48. The smallest absolute Gasteiger partial charge is 0.226 e. The van der Waals surface area contributed by atoms with E-state index in [0.717, 1.165) is 19.5 Å². The molecule has 2 aliphatic rings. The van der Waals surface area contributed by atoms with E-state index in [0.29, 0.717) is 18.0 Å². The number of hydrogen-bond donors (Lipinski definition) is 1. The molecule has 12 heavy (non-hydrogen) atoms. The highest BCUT2D eigenvalue weighted by molar-refractivity contribution is 5.80. The van der Waals surface area contributed by atoms with Crippen LogP contribution in [0.3, 0.4) is 0 Å². The fourth-order valence-electron chi connectivity index (χ4n) is 2.41. The Morgan fingerprint density at radius 1 is 1.50 bits per heavy atom. The molecule has 1 amide bonds. The predicted molar refractivity (Wildman–Crippen MR) is 46.4 cm³/mol. The summed E-state index contributed by atoms with van der Waals surface area (Å²) in [5, 5.41) is 3.36. The minimum absolute atomic E-state index is 0.233. The first-order valence-corrected chi connectivity index (χ1v) is 4.74. The van der Waals surface area contributed by atoms with E-state index in [9.17, 15) is 4.79 Å². The molecule has 0 spiro atoms. The van der Waals surface area contributed by atoms with Crippen LogP contribution >= 0.6 is 0 Å². The van der Waals surface area contributed by atoms with Gasteiger partial charge in [-0.3, -0.25) is 10.1 Å². The van der Waals surface area contributed by atoms with Gasteiger partial charge < -0.3 is 4.90 Å². The summed E-state index contributed by atoms with van der Waals surface area (Å²) in [4.78, 5) is 13.6. The molecule has 68 valence electrons. The number of hydrogen-bond acceptors (Lipinski definition) is 2. The van der Waals surface area contributed by atoms with Gasteiger partial charge in [-0.15, -0.1) is 0 Å². The first-order chi connectivity index (χ1) is 5.70. The molecule has 2 aliphatic heterocycles. The molecular formula is C9H16N2O. The lowest BCUT2D eigenvalue weighted by Gasteiger charge is -2.37. The number of nitrogens with one attached hydrogen (secondary N) is 1. The van der Waals surface area contributed by atoms with Crippen LogP contribution in [0.15, 0.2) is 0 Å². The Bertz CT molecular complexity index is 205. The first kappa shape index (κ1) is 8.05. The summed E-state index contributed by atoms with van der Waals surface area (Å²) in [6.07, 6.45) is 1.36. The molecule has 2 rings (SSSR count). The average molecular weight is 168 g/mol. The Labute approximate surface area is 73.1 Å². The zero-order chi connectivity index (χ0) is 8.72. The summed E-state index contributed by atoms with van der Waals surface area (Å²) in [6, 6.07) is 0. The van der Waals surface area contributed by atoms with E-state index in [1.54, 1.807) is 0 Å². The molecule has 2 fully saturated rings. The maximum Gasteiger partial charge on any atom is 0.226 e. The molecule has 1 N–H and O–H groups in total. The number of nitrogens with zero attached hydrogens (tertiary/aromatic N) is 1. The van der Waals surface area contributed by atoms with Crippen LogP contribution in [-0.4, -0.2) is 30.1 Å². The van der Waals surface area contributed by atoms with E-state index in [2.05, 4.69) is 12.2 Å². The van der Waals surface area contributed by atoms with Gasteiger partial charge in [0.25, 0.3) is 0 Å². The number of carbonyl (C=O) groups excluding carboxylic acids is 1. The van der Waals surface area contributed by atoms with Crippen LogP contribution in [0.2, 0.25) is 0 Å². The SMILES string of the molecule is CC1CC(C)C2NCCN2C1=O. The van der Waals surface area contributed by atoms with Crippen molar-refractivity contribution in [2.45, 2.75) is 26.4 Å². The van der Waals surface area contributed by atoms with Crippen molar-refractivity contribution in [1.29, 1.82) is 0 Å². The number of piperidine rings is 1. The molecule has 0 radical (unpaired) electrons. The monoisotopic (exact) mass is 168 g/mol. The molecule has 3 unspecified atom stereocenters. The third kappa shape index (κ3) is 1.04. The normalized spacial score (nSPS) is 41.7. The Kier molecular flexibility index (Phi) is 1.83. The number of amides is 1. The van der Waals surface area contributed by atoms with Crippen LogP contribution in [0.4, 0.5) is 0 Å². The summed E-state index contributed by atoms with van der Waals surface area (Å²) in [5.41, 5.74) is 0. The fourth-order valence-corrected chi connectivity index (χ4v) is 2.41. The maximum absolute atomic E-state index is 11.6. The van der Waals surface area contributed by atoms with E-state index in [-0.39, 0.29) is 5.92 Å². The van der Waals surface area contributed by atoms with E-state index >= 15 is 0 Å². The lowest BCUT2D eigenvalue weighted by Crippen LogP contribution is -2.51. The summed E-state index contributed by atoms with van der Waals surface area (Å²) in [5.74, 6) is 1.18. The molecule has 3 atom stereocenters. The molecular weight excluding hydrogens is 152 g/mol. The topological polar surface area (TPSA) is 32.3 Å². The van der Waals surface area contributed by atoms with Gasteiger partial charge >= 0.3 is 0 Å². The van der Waals surface area contributed by atoms with Gasteiger partial charge in [0.2, 0.25) is 5.91 Å². The van der Waals surface area contributed by atoms with Crippen molar-refractivity contribution in [3.8, 4) is 0 Å². The molecule has 0 bridgehead atoms. The van der Waals surface area contributed by atoms with Gasteiger partial charge in [-0.2, -0.15) is 0 Å². The lowest BCUT2D eigenvalue weighted by molar-refractivity contribution is -0.141. The minimum Gasteiger partial charge on any atom is -0.325 e. The van der Waals surface area contributed by atoms with Gasteiger partial charge in [0, 0.05) is 19.0 Å². The minimum atomic E-state index is 0.233. The molecule has 0 aromatic carbocycles. The Morgan fingerprint density at radius 2 is 2.25 bits per heavy atom. The molecule has 2 saturated heterocycles. The van der Waals surface area contributed by atoms with Gasteiger partial charge in [0.05, 0.1) is 6.17 Å². The lowest BCUT2D eigenvalue weighted by atomic mass is 9.89. The van der Waals surface area contributed by atoms with Crippen molar-refractivity contribution in [1.82, 2.24) is 10.2 Å². The van der Waals surface area contributed by atoms with E-state index in [1.807, 2.05) is 11.8 Å². The highest BCUT2D eigenvalue weighted by Gasteiger charge is 2.39. The Morgan fingerprint density at radius 3 is 3.00 bits per heavy atom. The van der Waals surface area contributed by atoms with Crippen molar-refractivity contribution in [2.24, 2.45) is 11.8 Å². The predicted octanol–water partition coefficient (Wildman–Crippen LogP) is 0.420. The van der Waals surface area contributed by atoms with E-state index in [1.165, 1.54) is 0 Å². The van der Waals surface area contributed by atoms with Gasteiger partial charge in [-0.25, -0.2) is 0 Å². The zero-order valence-electron chi connectivity index (χ0n) is 7.71. The van der Waals surface area contributed by atoms with Crippen molar-refractivity contribution in [3.05, 3.63) is 0 Å². The standard InChI is InChI=1S/C9H16N2O/c1-6-5-7(2)9(12)11-4-3-10-8(6)11/h6-8,10H,3-5H2,1-2H3. The summed E-state index contributed by atoms with van der Waals surface area (Å²) in [6.45, 7) is 6.12. The Balaban J connectivity index is 2.17. The number of fused-ring (bicyclic) bond motifs is 1. The van der Waals surface area contributed by atoms with Gasteiger partial charge in [0.15, 0.2) is 0 Å². The van der Waals surface area contributed by atoms with Crippen molar-refractivity contribution >= 4 is 5.91 Å². The molecule has 0 aromatic heterocycles. The quantitative estimate of drug-likeness (QED) is 0.568. The Hall–Kier alpha value is -0.570. The summed E-state index contributed by atoms with van der Waals surface area (Å²) >= 11 is 0. The van der Waals surface area contributed by atoms with E-state index < -0.39 is 0 Å². The second-order valence-corrected chi connectivity index (χ2v) is 4.04. The van der Waals surface area contributed by atoms with Gasteiger partial charge in [-0.1, -0.05) is 13.8 Å². The van der Waals surface area contributed by atoms with Gasteiger partial charge in [-0.05, 0) is 12.3 Å². The number of rotatable bonds is 0. The number of carbonyl (C=O) groups is 1. The van der Waals surface area contributed by atoms with Crippen LogP contribution in [0.5, 0.6) is 0 Å². The van der Waals surface area contributed by atoms with Crippen LogP contribution < -0.4 is 5.32 Å². The molecule has 0 aliphatic carbocycles. The molecule has 3 heteroatoms. The van der Waals surface area contributed by atoms with Crippen LogP contribution in [0.25, 0.3) is 0 Å². The third-order valence-electron chi connectivity index (χ3n) is 3.01.